The van der Waals surface area contributed by atoms with Gasteiger partial charge in [0.05, 0.1) is 7.11 Å². The zero-order valence-electron chi connectivity index (χ0n) is 7.34. The molecule has 13 heavy (non-hydrogen) atoms. The molecule has 1 rings (SSSR count). The van der Waals surface area contributed by atoms with Crippen LogP contribution in [0.3, 0.4) is 0 Å². The number of hydrogen-bond donors (Lipinski definition) is 0. The second-order valence-electron chi connectivity index (χ2n) is 1.71. The molecule has 0 aliphatic carbocycles. The highest BCUT2D eigenvalue weighted by Gasteiger charge is 2.09. The zero-order chi connectivity index (χ0) is 10.1. The summed E-state index contributed by atoms with van der Waals surface area (Å²) in [5, 5.41) is 8.25. The molecule has 6 nitrogen and oxygen atoms in total. The van der Waals surface area contributed by atoms with Crippen molar-refractivity contribution in [3.05, 3.63) is 18.5 Å². The second-order valence-corrected chi connectivity index (χ2v) is 1.71. The molecule has 0 bridgehead atoms. The van der Waals surface area contributed by atoms with E-state index in [9.17, 15) is 0 Å². The molecule has 1 heterocycles. The van der Waals surface area contributed by atoms with Gasteiger partial charge < -0.3 is 19.5 Å². The summed E-state index contributed by atoms with van der Waals surface area (Å²) in [6.07, 6.45) is 3.35. The fourth-order valence-electron chi connectivity index (χ4n) is 0.626. The molecule has 6 heteroatoms. The van der Waals surface area contributed by atoms with E-state index >= 15 is 0 Å². The van der Waals surface area contributed by atoms with Gasteiger partial charge in [-0.05, 0) is 9.71 Å². The molecule has 0 radical (unpaired) electrons. The van der Waals surface area contributed by atoms with Crippen molar-refractivity contribution in [1.29, 1.82) is 0 Å². The van der Waals surface area contributed by atoms with Gasteiger partial charge in [-0.1, -0.05) is 0 Å². The number of carbonyl (C=O) groups excluding carboxylic acids is 1. The molecule has 0 fully saturated rings. The molecule has 0 saturated heterocycles. The minimum absolute atomic E-state index is 0.435. The Kier molecular flexibility index (Phi) is 5.86. The average Bonchev–Trinajstić information content (AvgIpc) is 2.19. The van der Waals surface area contributed by atoms with E-state index in [0.717, 1.165) is 0 Å². The van der Waals surface area contributed by atoms with Crippen molar-refractivity contribution in [1.82, 2.24) is 4.98 Å². The van der Waals surface area contributed by atoms with Crippen LogP contribution in [0.5, 0.6) is 6.01 Å². The third-order valence-corrected chi connectivity index (χ3v) is 1.06. The number of methoxy groups -OCH3 is 1. The minimum Gasteiger partial charge on any atom is -0.554 e. The van der Waals surface area contributed by atoms with Crippen LogP contribution in [-0.2, 0) is 4.79 Å². The van der Waals surface area contributed by atoms with Crippen LogP contribution in [0.2, 0.25) is 0 Å². The Bertz CT molecular complexity index is 231. The van der Waals surface area contributed by atoms with Gasteiger partial charge in [-0.15, -0.1) is 0 Å². The summed E-state index contributed by atoms with van der Waals surface area (Å²) in [5.41, 5.74) is 0. The van der Waals surface area contributed by atoms with Crippen molar-refractivity contribution in [3.63, 3.8) is 0 Å². The molecule has 1 aromatic rings. The number of rotatable bonds is 2. The maximum Gasteiger partial charge on any atom is 0.537 e. The first-order chi connectivity index (χ1) is 6.29. The van der Waals surface area contributed by atoms with E-state index in [2.05, 4.69) is 4.98 Å². The van der Waals surface area contributed by atoms with Crippen LogP contribution >= 0.6 is 0 Å². The number of nitrogens with zero attached hydrogens (tertiary/aromatic N) is 2. The van der Waals surface area contributed by atoms with Crippen molar-refractivity contribution in [2.45, 2.75) is 0 Å². The van der Waals surface area contributed by atoms with Crippen LogP contribution < -0.4 is 19.4 Å². The van der Waals surface area contributed by atoms with Gasteiger partial charge in [-0.3, -0.25) is 0 Å². The Morgan fingerprint density at radius 1 is 1.62 bits per heavy atom. The summed E-state index contributed by atoms with van der Waals surface area (Å²) in [6.45, 7) is -0.500. The van der Waals surface area contributed by atoms with Crippen LogP contribution in [0.1, 0.15) is 0 Å². The lowest BCUT2D eigenvalue weighted by Gasteiger charge is -1.95. The molecule has 72 valence electrons. The van der Waals surface area contributed by atoms with E-state index in [0.29, 0.717) is 6.01 Å². The Hall–Kier alpha value is -1.85. The van der Waals surface area contributed by atoms with Gasteiger partial charge in [0.1, 0.15) is 19.5 Å². The highest BCUT2D eigenvalue weighted by atomic mass is 16.7. The Morgan fingerprint density at radius 3 is 2.62 bits per heavy atom. The van der Waals surface area contributed by atoms with Crippen molar-refractivity contribution in [3.8, 4) is 6.01 Å². The molecule has 0 aliphatic rings. The Balaban J connectivity index is 0.000000424. The number of carboxylic acid groups (broad SMARTS) is 1. The van der Waals surface area contributed by atoms with E-state index in [4.69, 9.17) is 19.5 Å². The van der Waals surface area contributed by atoms with Gasteiger partial charge in [-0.25, -0.2) is 0 Å². The summed E-state index contributed by atoms with van der Waals surface area (Å²) in [7, 11) is 3.09. The monoisotopic (exact) mass is 186 g/mol. The summed E-state index contributed by atoms with van der Waals surface area (Å²) >= 11 is 0. The normalized spacial score (nSPS) is 7.85. The standard InChI is InChI=1S/C6H9N2O2.CH2O2/c1-9-6-7-4-3-5-8(6)10-2;2-1-3/h3-5H,1-2H3;1H,(H,2,3)/q+1;/p-1. The first-order valence-corrected chi connectivity index (χ1v) is 3.30. The molecule has 0 spiro atoms. The maximum absolute atomic E-state index is 8.25. The molecule has 0 aliphatic heterocycles. The van der Waals surface area contributed by atoms with Crippen LogP contribution in [0.4, 0.5) is 0 Å². The molecule has 0 atom stereocenters. The predicted molar refractivity (Wildman–Crippen MR) is 39.6 cm³/mol. The topological polar surface area (TPSA) is 75.4 Å². The first-order valence-electron chi connectivity index (χ1n) is 3.30. The molecule has 0 unspecified atom stereocenters. The van der Waals surface area contributed by atoms with Gasteiger partial charge in [0.25, 0.3) is 0 Å². The fourth-order valence-corrected chi connectivity index (χ4v) is 0.626. The van der Waals surface area contributed by atoms with E-state index in [-0.39, 0.29) is 0 Å². The highest BCUT2D eigenvalue weighted by Crippen LogP contribution is 1.90. The third kappa shape index (κ3) is 3.90. The average molecular weight is 186 g/mol. The van der Waals surface area contributed by atoms with Crippen LogP contribution in [-0.4, -0.2) is 25.7 Å². The van der Waals surface area contributed by atoms with Crippen molar-refractivity contribution in [2.24, 2.45) is 0 Å². The smallest absolute Gasteiger partial charge is 0.537 e. The lowest BCUT2D eigenvalue weighted by Crippen LogP contribution is -2.41. The van der Waals surface area contributed by atoms with Gasteiger partial charge in [0, 0.05) is 12.5 Å². The fraction of sp³-hybridized carbons (Fsp3) is 0.286. The Morgan fingerprint density at radius 2 is 2.23 bits per heavy atom. The molecule has 0 saturated carbocycles. The molecule has 0 aromatic carbocycles. The van der Waals surface area contributed by atoms with E-state index < -0.39 is 6.47 Å². The zero-order valence-corrected chi connectivity index (χ0v) is 7.34. The van der Waals surface area contributed by atoms with E-state index in [1.807, 2.05) is 0 Å². The van der Waals surface area contributed by atoms with Gasteiger partial charge in [0.2, 0.25) is 0 Å². The summed E-state index contributed by atoms with van der Waals surface area (Å²) in [6, 6.07) is 2.19. The molecular weight excluding hydrogens is 176 g/mol. The molecule has 0 amide bonds. The lowest BCUT2D eigenvalue weighted by atomic mass is 10.7. The van der Waals surface area contributed by atoms with Crippen molar-refractivity contribution in [2.75, 3.05) is 14.2 Å². The quantitative estimate of drug-likeness (QED) is 0.387. The van der Waals surface area contributed by atoms with Crippen molar-refractivity contribution >= 4 is 6.47 Å². The second kappa shape index (κ2) is 6.84. The number of aromatic nitrogens is 2. The minimum atomic E-state index is -0.500. The lowest BCUT2D eigenvalue weighted by molar-refractivity contribution is -0.889. The summed E-state index contributed by atoms with van der Waals surface area (Å²) < 4.78 is 6.29. The molecular formula is C7H10N2O4. The molecule has 1 aromatic heterocycles. The number of carbonyl (C=O) groups is 1. The van der Waals surface area contributed by atoms with Crippen molar-refractivity contribution < 1.29 is 24.2 Å². The number of ether oxygens (including phenoxy) is 1. The third-order valence-electron chi connectivity index (χ3n) is 1.06. The van der Waals surface area contributed by atoms with E-state index in [1.165, 1.54) is 11.8 Å². The van der Waals surface area contributed by atoms with Crippen LogP contribution in [0.25, 0.3) is 0 Å². The Labute approximate surface area is 75.3 Å². The van der Waals surface area contributed by atoms with E-state index in [1.54, 1.807) is 25.6 Å². The number of hydrogen-bond acceptors (Lipinski definition) is 5. The van der Waals surface area contributed by atoms with Gasteiger partial charge in [-0.2, -0.15) is 0 Å². The van der Waals surface area contributed by atoms with Crippen LogP contribution in [0.15, 0.2) is 18.5 Å². The maximum atomic E-state index is 8.25. The SMILES string of the molecule is COc1nccc[n+]1OC.O=C[O-]. The summed E-state index contributed by atoms with van der Waals surface area (Å²) in [4.78, 5) is 17.0. The largest absolute Gasteiger partial charge is 0.554 e. The highest BCUT2D eigenvalue weighted by molar-refractivity contribution is 5.29. The summed E-state index contributed by atoms with van der Waals surface area (Å²) in [5.74, 6) is 0. The van der Waals surface area contributed by atoms with Crippen LogP contribution in [0, 0.1) is 0 Å². The van der Waals surface area contributed by atoms with Gasteiger partial charge >= 0.3 is 6.01 Å². The van der Waals surface area contributed by atoms with Gasteiger partial charge in [0.15, 0.2) is 0 Å². The predicted octanol–water partition coefficient (Wildman–Crippen LogP) is -2.20. The first kappa shape index (κ1) is 11.2. The molecule has 0 N–H and O–H groups in total.